The molecular formula is C12H13BrN2O3S. The number of benzene rings is 1. The van der Waals surface area contributed by atoms with Crippen LogP contribution in [0.25, 0.3) is 0 Å². The van der Waals surface area contributed by atoms with E-state index in [1.807, 2.05) is 0 Å². The van der Waals surface area contributed by atoms with Crippen LogP contribution in [-0.2, 0) is 14.6 Å². The summed E-state index contributed by atoms with van der Waals surface area (Å²) < 4.78 is 24.9. The molecule has 1 fully saturated rings. The molecule has 0 spiro atoms. The summed E-state index contributed by atoms with van der Waals surface area (Å²) in [4.78, 5) is 14.8. The number of rotatable bonds is 2. The van der Waals surface area contributed by atoms with Crippen molar-refractivity contribution in [3.8, 4) is 0 Å². The normalized spacial score (nSPS) is 20.1. The molecule has 1 heterocycles. The minimum atomic E-state index is -3.55. The van der Waals surface area contributed by atoms with Gasteiger partial charge in [-0.1, -0.05) is 15.9 Å². The van der Waals surface area contributed by atoms with E-state index in [1.54, 1.807) is 43.3 Å². The Morgan fingerprint density at radius 1 is 1.26 bits per heavy atom. The van der Waals surface area contributed by atoms with Gasteiger partial charge in [-0.15, -0.1) is 0 Å². The molecule has 1 saturated heterocycles. The number of anilines is 1. The predicted octanol–water partition coefficient (Wildman–Crippen LogP) is 1.57. The van der Waals surface area contributed by atoms with Crippen LogP contribution in [0.4, 0.5) is 5.69 Å². The highest BCUT2D eigenvalue weighted by molar-refractivity contribution is 9.10. The van der Waals surface area contributed by atoms with Gasteiger partial charge in [-0.3, -0.25) is 9.69 Å². The van der Waals surface area contributed by atoms with Gasteiger partial charge < -0.3 is 4.90 Å². The number of amides is 1. The van der Waals surface area contributed by atoms with E-state index in [4.69, 9.17) is 0 Å². The third-order valence-electron chi connectivity index (χ3n) is 2.60. The van der Waals surface area contributed by atoms with Crippen LogP contribution in [0.1, 0.15) is 0 Å². The van der Waals surface area contributed by atoms with Gasteiger partial charge in [0.2, 0.25) is 9.84 Å². The summed E-state index contributed by atoms with van der Waals surface area (Å²) in [5.74, 6) is -0.802. The Morgan fingerprint density at radius 2 is 1.84 bits per heavy atom. The number of hydrogen-bond acceptors (Lipinski definition) is 4. The van der Waals surface area contributed by atoms with E-state index in [0.29, 0.717) is 5.69 Å². The van der Waals surface area contributed by atoms with Crippen molar-refractivity contribution < 1.29 is 13.2 Å². The first-order valence-electron chi connectivity index (χ1n) is 5.50. The number of carbonyl (C=O) groups excluding carboxylic acids is 1. The quantitative estimate of drug-likeness (QED) is 0.764. The average Bonchev–Trinajstić information content (AvgIpc) is 2.53. The van der Waals surface area contributed by atoms with E-state index in [2.05, 4.69) is 15.9 Å². The molecule has 2 rings (SSSR count). The summed E-state index contributed by atoms with van der Waals surface area (Å²) in [5.41, 5.74) is 0.568. The topological polar surface area (TPSA) is 57.7 Å². The van der Waals surface area contributed by atoms with Crippen LogP contribution in [0.3, 0.4) is 0 Å². The van der Waals surface area contributed by atoms with Crippen molar-refractivity contribution in [1.29, 1.82) is 0 Å². The number of sulfone groups is 1. The van der Waals surface area contributed by atoms with E-state index >= 15 is 0 Å². The molecule has 0 radical (unpaired) electrons. The van der Waals surface area contributed by atoms with Gasteiger partial charge in [-0.2, -0.15) is 0 Å². The standard InChI is InChI=1S/C12H13BrN2O3S/c1-14(2)7-11-12(16)15(8-19(11,17)18)10-5-3-9(13)4-6-10/h3-7H,8H2,1-2H3. The molecule has 0 unspecified atom stereocenters. The van der Waals surface area contributed by atoms with Gasteiger partial charge in [-0.05, 0) is 24.3 Å². The first kappa shape index (κ1) is 14.1. The fourth-order valence-electron chi connectivity index (χ4n) is 1.75. The van der Waals surface area contributed by atoms with Crippen LogP contribution in [-0.4, -0.2) is 39.2 Å². The van der Waals surface area contributed by atoms with Crippen molar-refractivity contribution in [1.82, 2.24) is 4.90 Å². The lowest BCUT2D eigenvalue weighted by Crippen LogP contribution is -2.25. The zero-order chi connectivity index (χ0) is 14.2. The highest BCUT2D eigenvalue weighted by atomic mass is 79.9. The lowest BCUT2D eigenvalue weighted by atomic mass is 10.3. The molecule has 1 aliphatic heterocycles. The van der Waals surface area contributed by atoms with Gasteiger partial charge >= 0.3 is 0 Å². The molecule has 1 aliphatic rings. The SMILES string of the molecule is CN(C)C=C1C(=O)N(c2ccc(Br)cc2)CS1(=O)=O. The summed E-state index contributed by atoms with van der Waals surface area (Å²) in [6.45, 7) is 0. The van der Waals surface area contributed by atoms with E-state index in [0.717, 1.165) is 4.47 Å². The highest BCUT2D eigenvalue weighted by Gasteiger charge is 2.40. The van der Waals surface area contributed by atoms with Crippen LogP contribution in [0, 0.1) is 0 Å². The van der Waals surface area contributed by atoms with Crippen LogP contribution < -0.4 is 4.90 Å². The molecule has 1 aromatic carbocycles. The maximum Gasteiger partial charge on any atom is 0.272 e. The minimum Gasteiger partial charge on any atom is -0.382 e. The molecular weight excluding hydrogens is 332 g/mol. The second kappa shape index (κ2) is 4.97. The van der Waals surface area contributed by atoms with Crippen LogP contribution in [0.2, 0.25) is 0 Å². The highest BCUT2D eigenvalue weighted by Crippen LogP contribution is 2.28. The maximum atomic E-state index is 12.2. The van der Waals surface area contributed by atoms with Crippen molar-refractivity contribution in [3.63, 3.8) is 0 Å². The average molecular weight is 345 g/mol. The van der Waals surface area contributed by atoms with Crippen molar-refractivity contribution >= 4 is 37.4 Å². The summed E-state index contributed by atoms with van der Waals surface area (Å²) in [6, 6.07) is 6.94. The first-order valence-corrected chi connectivity index (χ1v) is 7.94. The van der Waals surface area contributed by atoms with Gasteiger partial charge in [0.15, 0.2) is 0 Å². The second-order valence-corrected chi connectivity index (χ2v) is 7.25. The lowest BCUT2D eigenvalue weighted by molar-refractivity contribution is -0.114. The molecule has 0 bridgehead atoms. The molecule has 0 aromatic heterocycles. The largest absolute Gasteiger partial charge is 0.382 e. The van der Waals surface area contributed by atoms with Gasteiger partial charge in [0.05, 0.1) is 0 Å². The molecule has 19 heavy (non-hydrogen) atoms. The fourth-order valence-corrected chi connectivity index (χ4v) is 3.50. The minimum absolute atomic E-state index is 0.166. The van der Waals surface area contributed by atoms with Crippen molar-refractivity contribution in [2.24, 2.45) is 0 Å². The predicted molar refractivity (Wildman–Crippen MR) is 77.2 cm³/mol. The van der Waals surface area contributed by atoms with Gasteiger partial charge in [-0.25, -0.2) is 8.42 Å². The van der Waals surface area contributed by atoms with E-state index < -0.39 is 15.7 Å². The molecule has 7 heteroatoms. The van der Waals surface area contributed by atoms with E-state index in [1.165, 1.54) is 11.1 Å². The third-order valence-corrected chi connectivity index (χ3v) is 4.68. The maximum absolute atomic E-state index is 12.2. The zero-order valence-electron chi connectivity index (χ0n) is 10.5. The number of halogens is 1. The summed E-state index contributed by atoms with van der Waals surface area (Å²) in [7, 11) is -0.197. The molecule has 0 atom stereocenters. The lowest BCUT2D eigenvalue weighted by Gasteiger charge is -2.13. The first-order chi connectivity index (χ1) is 8.81. The third kappa shape index (κ3) is 2.82. The Kier molecular flexibility index (Phi) is 3.69. The van der Waals surface area contributed by atoms with E-state index in [-0.39, 0.29) is 10.8 Å². The smallest absolute Gasteiger partial charge is 0.272 e. The van der Waals surface area contributed by atoms with Crippen LogP contribution in [0.5, 0.6) is 0 Å². The van der Waals surface area contributed by atoms with Crippen LogP contribution in [0.15, 0.2) is 39.8 Å². The Labute approximate surface area is 120 Å². The van der Waals surface area contributed by atoms with Gasteiger partial charge in [0, 0.05) is 30.5 Å². The molecule has 0 N–H and O–H groups in total. The Bertz CT molecular complexity index is 635. The van der Waals surface area contributed by atoms with Crippen molar-refractivity contribution in [3.05, 3.63) is 39.8 Å². The van der Waals surface area contributed by atoms with E-state index in [9.17, 15) is 13.2 Å². The Balaban J connectivity index is 2.42. The molecule has 5 nitrogen and oxygen atoms in total. The van der Waals surface area contributed by atoms with Crippen molar-refractivity contribution in [2.45, 2.75) is 0 Å². The molecule has 102 valence electrons. The number of hydrogen-bond donors (Lipinski definition) is 0. The summed E-state index contributed by atoms with van der Waals surface area (Å²) in [5, 5.41) is 0. The molecule has 1 aromatic rings. The molecule has 1 amide bonds. The summed E-state index contributed by atoms with van der Waals surface area (Å²) >= 11 is 3.30. The summed E-state index contributed by atoms with van der Waals surface area (Å²) in [6.07, 6.45) is 1.34. The fraction of sp³-hybridized carbons (Fsp3) is 0.250. The van der Waals surface area contributed by atoms with Gasteiger partial charge in [0.25, 0.3) is 5.91 Å². The number of carbonyl (C=O) groups is 1. The molecule has 0 saturated carbocycles. The monoisotopic (exact) mass is 344 g/mol. The zero-order valence-corrected chi connectivity index (χ0v) is 12.9. The van der Waals surface area contributed by atoms with Crippen molar-refractivity contribution in [2.75, 3.05) is 24.9 Å². The van der Waals surface area contributed by atoms with Gasteiger partial charge in [0.1, 0.15) is 10.8 Å². The number of nitrogens with zero attached hydrogens (tertiary/aromatic N) is 2. The van der Waals surface area contributed by atoms with Crippen LogP contribution >= 0.6 is 15.9 Å². The molecule has 0 aliphatic carbocycles. The second-order valence-electron chi connectivity index (χ2n) is 4.41. The Morgan fingerprint density at radius 3 is 2.37 bits per heavy atom. The Hall–Kier alpha value is -1.34.